The summed E-state index contributed by atoms with van der Waals surface area (Å²) in [5, 5.41) is 0. The maximum absolute atomic E-state index is 11.4. The van der Waals surface area contributed by atoms with Crippen LogP contribution in [0.2, 0.25) is 0 Å². The van der Waals surface area contributed by atoms with E-state index in [1.54, 1.807) is 0 Å². The minimum Gasteiger partial charge on any atom is -0.460 e. The SMILES string of the molecule is C=CC(=O)OC1c2ccccc2-c2ccccc21.C=CC(=O)OCCOC1c2ccccc2-c2ccccc21. The standard InChI is InChI=1S/C18H16O3.C16H12O2/c1-2-17(19)20-11-12-21-18-15-9-5-3-7-13(15)14-8-4-6-10-16(14)18;1-2-15(17)18-16-13-9-5-3-7-11(13)12-8-4-6-10-14(12)16/h2-10,18H,1,11-12H2;2-10,16H,1H2. The van der Waals surface area contributed by atoms with Crippen LogP contribution in [0.4, 0.5) is 0 Å². The highest BCUT2D eigenvalue weighted by atomic mass is 16.6. The number of esters is 2. The molecule has 0 unspecified atom stereocenters. The maximum Gasteiger partial charge on any atom is 0.331 e. The number of rotatable bonds is 7. The van der Waals surface area contributed by atoms with E-state index in [-0.39, 0.29) is 18.8 Å². The molecular weight excluding hydrogens is 488 g/mol. The average Bonchev–Trinajstić information content (AvgIpc) is 3.48. The van der Waals surface area contributed by atoms with Gasteiger partial charge in [0, 0.05) is 23.3 Å². The van der Waals surface area contributed by atoms with Crippen LogP contribution >= 0.6 is 0 Å². The first-order valence-electron chi connectivity index (χ1n) is 12.7. The lowest BCUT2D eigenvalue weighted by Crippen LogP contribution is -2.11. The molecular formula is C34H28O5. The molecule has 2 aliphatic carbocycles. The highest BCUT2D eigenvalue weighted by molar-refractivity contribution is 5.84. The van der Waals surface area contributed by atoms with Gasteiger partial charge >= 0.3 is 11.9 Å². The van der Waals surface area contributed by atoms with E-state index in [1.807, 2.05) is 60.7 Å². The summed E-state index contributed by atoms with van der Waals surface area (Å²) in [7, 11) is 0. The summed E-state index contributed by atoms with van der Waals surface area (Å²) in [6.45, 7) is 7.38. The van der Waals surface area contributed by atoms with Gasteiger partial charge in [0.2, 0.25) is 0 Å². The molecule has 0 amide bonds. The molecule has 0 aliphatic heterocycles. The fourth-order valence-corrected chi connectivity index (χ4v) is 5.06. The quantitative estimate of drug-likeness (QED) is 0.151. The molecule has 194 valence electrons. The Kier molecular flexibility index (Phi) is 7.80. The van der Waals surface area contributed by atoms with Crippen molar-refractivity contribution < 1.29 is 23.8 Å². The van der Waals surface area contributed by atoms with Gasteiger partial charge in [0.05, 0.1) is 6.61 Å². The molecule has 0 spiro atoms. The maximum atomic E-state index is 11.4. The van der Waals surface area contributed by atoms with Gasteiger partial charge in [-0.25, -0.2) is 9.59 Å². The normalized spacial score (nSPS) is 12.6. The van der Waals surface area contributed by atoms with Crippen LogP contribution in [-0.4, -0.2) is 25.2 Å². The number of hydrogen-bond acceptors (Lipinski definition) is 5. The summed E-state index contributed by atoms with van der Waals surface area (Å²) in [4.78, 5) is 22.5. The number of benzene rings is 4. The van der Waals surface area contributed by atoms with Crippen molar-refractivity contribution in [2.24, 2.45) is 0 Å². The molecule has 4 aromatic carbocycles. The van der Waals surface area contributed by atoms with E-state index in [1.165, 1.54) is 17.2 Å². The van der Waals surface area contributed by atoms with E-state index in [0.717, 1.165) is 39.5 Å². The van der Waals surface area contributed by atoms with Crippen LogP contribution in [0, 0.1) is 0 Å². The predicted molar refractivity (Wildman–Crippen MR) is 151 cm³/mol. The molecule has 6 rings (SSSR count). The van der Waals surface area contributed by atoms with Crippen LogP contribution in [0.25, 0.3) is 22.3 Å². The zero-order valence-electron chi connectivity index (χ0n) is 21.4. The van der Waals surface area contributed by atoms with E-state index in [9.17, 15) is 9.59 Å². The molecule has 0 heterocycles. The second kappa shape index (κ2) is 11.8. The zero-order chi connectivity index (χ0) is 27.2. The lowest BCUT2D eigenvalue weighted by molar-refractivity contribution is -0.141. The number of hydrogen-bond donors (Lipinski definition) is 0. The van der Waals surface area contributed by atoms with Crippen LogP contribution in [0.15, 0.2) is 122 Å². The van der Waals surface area contributed by atoms with Crippen LogP contribution in [0.5, 0.6) is 0 Å². The van der Waals surface area contributed by atoms with E-state index in [2.05, 4.69) is 49.6 Å². The molecule has 0 saturated carbocycles. The average molecular weight is 517 g/mol. The molecule has 5 heteroatoms. The lowest BCUT2D eigenvalue weighted by atomic mass is 10.1. The highest BCUT2D eigenvalue weighted by Crippen LogP contribution is 2.46. The van der Waals surface area contributed by atoms with Gasteiger partial charge in [-0.05, 0) is 33.4 Å². The molecule has 0 N–H and O–H groups in total. The Morgan fingerprint density at radius 1 is 0.564 bits per heavy atom. The van der Waals surface area contributed by atoms with Crippen molar-refractivity contribution >= 4 is 11.9 Å². The van der Waals surface area contributed by atoms with Crippen LogP contribution < -0.4 is 0 Å². The summed E-state index contributed by atoms with van der Waals surface area (Å²) in [6.07, 6.45) is 1.94. The number of carbonyl (C=O) groups excluding carboxylic acids is 2. The molecule has 4 aromatic rings. The third kappa shape index (κ3) is 5.31. The molecule has 0 radical (unpaired) electrons. The van der Waals surface area contributed by atoms with Crippen molar-refractivity contribution in [3.63, 3.8) is 0 Å². The van der Waals surface area contributed by atoms with Crippen molar-refractivity contribution in [1.82, 2.24) is 0 Å². The lowest BCUT2D eigenvalue weighted by Gasteiger charge is -2.14. The number of fused-ring (bicyclic) bond motifs is 6. The van der Waals surface area contributed by atoms with Crippen LogP contribution in [0.3, 0.4) is 0 Å². The Labute approximate surface area is 228 Å². The smallest absolute Gasteiger partial charge is 0.331 e. The summed E-state index contributed by atoms with van der Waals surface area (Å²) in [6, 6.07) is 32.5. The molecule has 0 fully saturated rings. The Morgan fingerprint density at radius 3 is 1.36 bits per heavy atom. The first-order valence-corrected chi connectivity index (χ1v) is 12.7. The Balaban J connectivity index is 0.000000160. The third-order valence-electron chi connectivity index (χ3n) is 6.73. The Hall–Kier alpha value is -4.74. The summed E-state index contributed by atoms with van der Waals surface area (Å²) >= 11 is 0. The van der Waals surface area contributed by atoms with Gasteiger partial charge in [-0.1, -0.05) is 110 Å². The van der Waals surface area contributed by atoms with Crippen molar-refractivity contribution in [3.8, 4) is 22.3 Å². The van der Waals surface area contributed by atoms with E-state index in [0.29, 0.717) is 6.61 Å². The van der Waals surface area contributed by atoms with Gasteiger partial charge in [-0.3, -0.25) is 0 Å². The van der Waals surface area contributed by atoms with Gasteiger partial charge in [0.1, 0.15) is 12.7 Å². The van der Waals surface area contributed by atoms with Gasteiger partial charge in [-0.15, -0.1) is 0 Å². The summed E-state index contributed by atoms with van der Waals surface area (Å²) < 4.78 is 16.3. The van der Waals surface area contributed by atoms with E-state index >= 15 is 0 Å². The molecule has 39 heavy (non-hydrogen) atoms. The van der Waals surface area contributed by atoms with Crippen molar-refractivity contribution in [1.29, 1.82) is 0 Å². The van der Waals surface area contributed by atoms with E-state index in [4.69, 9.17) is 14.2 Å². The Morgan fingerprint density at radius 2 is 0.949 bits per heavy atom. The number of ether oxygens (including phenoxy) is 3. The summed E-state index contributed by atoms with van der Waals surface area (Å²) in [5.74, 6) is -0.822. The van der Waals surface area contributed by atoms with Crippen molar-refractivity contribution in [3.05, 3.63) is 145 Å². The van der Waals surface area contributed by atoms with Crippen molar-refractivity contribution in [2.75, 3.05) is 13.2 Å². The number of carbonyl (C=O) groups is 2. The molecule has 5 nitrogen and oxygen atoms in total. The van der Waals surface area contributed by atoms with Gasteiger partial charge in [-0.2, -0.15) is 0 Å². The van der Waals surface area contributed by atoms with Gasteiger partial charge < -0.3 is 14.2 Å². The second-order valence-corrected chi connectivity index (χ2v) is 8.99. The van der Waals surface area contributed by atoms with Gasteiger partial charge in [0.15, 0.2) is 6.10 Å². The highest BCUT2D eigenvalue weighted by Gasteiger charge is 2.30. The minimum absolute atomic E-state index is 0.0974. The fourth-order valence-electron chi connectivity index (χ4n) is 5.06. The first kappa shape index (κ1) is 25.9. The first-order chi connectivity index (χ1) is 19.1. The molecule has 0 aromatic heterocycles. The monoisotopic (exact) mass is 516 g/mol. The molecule has 0 bridgehead atoms. The van der Waals surface area contributed by atoms with Crippen LogP contribution in [0.1, 0.15) is 34.5 Å². The second-order valence-electron chi connectivity index (χ2n) is 8.99. The predicted octanol–water partition coefficient (Wildman–Crippen LogP) is 6.99. The zero-order valence-corrected chi connectivity index (χ0v) is 21.4. The fraction of sp³-hybridized carbons (Fsp3) is 0.118. The minimum atomic E-state index is -0.425. The Bertz CT molecular complexity index is 1450. The summed E-state index contributed by atoms with van der Waals surface area (Å²) in [5.41, 5.74) is 9.08. The molecule has 2 aliphatic rings. The molecule has 0 saturated heterocycles. The van der Waals surface area contributed by atoms with Crippen molar-refractivity contribution in [2.45, 2.75) is 12.2 Å². The van der Waals surface area contributed by atoms with Gasteiger partial charge in [0.25, 0.3) is 0 Å². The topological polar surface area (TPSA) is 61.8 Å². The van der Waals surface area contributed by atoms with E-state index < -0.39 is 11.9 Å². The molecule has 0 atom stereocenters. The van der Waals surface area contributed by atoms with Crippen LogP contribution in [-0.2, 0) is 23.8 Å². The largest absolute Gasteiger partial charge is 0.460 e. The third-order valence-corrected chi connectivity index (χ3v) is 6.73.